The van der Waals surface area contributed by atoms with Crippen molar-refractivity contribution in [2.24, 2.45) is 0 Å². The van der Waals surface area contributed by atoms with Crippen molar-refractivity contribution in [1.29, 1.82) is 0 Å². The molecular formula is C18H17Cl2N7O. The van der Waals surface area contributed by atoms with Crippen molar-refractivity contribution in [2.45, 2.75) is 0 Å². The lowest BCUT2D eigenvalue weighted by molar-refractivity contribution is 0.208. The molecule has 1 aliphatic rings. The van der Waals surface area contributed by atoms with Crippen molar-refractivity contribution in [3.63, 3.8) is 0 Å². The smallest absolute Gasteiger partial charge is 0.322 e. The summed E-state index contributed by atoms with van der Waals surface area (Å²) in [6.07, 6.45) is 4.61. The van der Waals surface area contributed by atoms with Crippen LogP contribution in [0.15, 0.2) is 49.2 Å². The Morgan fingerprint density at radius 3 is 2.61 bits per heavy atom. The predicted octanol–water partition coefficient (Wildman–Crippen LogP) is 3.32. The maximum absolute atomic E-state index is 12.7. The van der Waals surface area contributed by atoms with Gasteiger partial charge in [0, 0.05) is 32.4 Å². The van der Waals surface area contributed by atoms with Gasteiger partial charge in [0.1, 0.15) is 18.5 Å². The molecule has 0 aliphatic carbocycles. The number of para-hydroxylation sites is 2. The van der Waals surface area contributed by atoms with Gasteiger partial charge in [0.25, 0.3) is 0 Å². The molecule has 3 aromatic rings. The summed E-state index contributed by atoms with van der Waals surface area (Å²) in [5.41, 5.74) is 1.42. The van der Waals surface area contributed by atoms with E-state index in [1.165, 1.54) is 6.33 Å². The van der Waals surface area contributed by atoms with Crippen molar-refractivity contribution in [3.05, 3.63) is 59.2 Å². The number of carbonyl (C=O) groups excluding carboxylic acids is 1. The molecule has 1 aliphatic heterocycles. The Balaban J connectivity index is 1.41. The zero-order valence-electron chi connectivity index (χ0n) is 14.8. The molecule has 0 bridgehead atoms. The van der Waals surface area contributed by atoms with Crippen LogP contribution in [0.25, 0.3) is 5.69 Å². The van der Waals surface area contributed by atoms with Crippen LogP contribution in [0.2, 0.25) is 10.0 Å². The third kappa shape index (κ3) is 3.88. The van der Waals surface area contributed by atoms with Gasteiger partial charge in [0.15, 0.2) is 0 Å². The largest absolute Gasteiger partial charge is 0.352 e. The number of hydrogen-bond donors (Lipinski definition) is 1. The van der Waals surface area contributed by atoms with Gasteiger partial charge in [0.2, 0.25) is 0 Å². The normalized spacial score (nSPS) is 14.2. The first-order valence-corrected chi connectivity index (χ1v) is 9.43. The summed E-state index contributed by atoms with van der Waals surface area (Å²) in [5.74, 6) is 0.683. The number of aromatic nitrogens is 4. The molecule has 1 N–H and O–H groups in total. The number of benzene rings is 1. The summed E-state index contributed by atoms with van der Waals surface area (Å²) < 4.78 is 1.61. The average molecular weight is 418 g/mol. The minimum Gasteiger partial charge on any atom is -0.352 e. The highest BCUT2D eigenvalue weighted by molar-refractivity contribution is 6.36. The van der Waals surface area contributed by atoms with E-state index >= 15 is 0 Å². The standard InChI is InChI=1S/C18H17Cl2N7O/c19-13-9-14(20)17(22-10-13)25-5-7-26(8-6-25)18(28)24-15-3-1-2-4-16(15)27-12-21-11-23-27/h1-4,9-12H,5-8H2,(H,24,28). The molecule has 144 valence electrons. The van der Waals surface area contributed by atoms with E-state index in [9.17, 15) is 4.79 Å². The predicted molar refractivity (Wildman–Crippen MR) is 108 cm³/mol. The molecule has 2 amide bonds. The fourth-order valence-electron chi connectivity index (χ4n) is 3.07. The quantitative estimate of drug-likeness (QED) is 0.706. The molecule has 1 aromatic carbocycles. The van der Waals surface area contributed by atoms with Crippen LogP contribution in [0.4, 0.5) is 16.3 Å². The van der Waals surface area contributed by atoms with Gasteiger partial charge in [-0.3, -0.25) is 0 Å². The highest BCUT2D eigenvalue weighted by Crippen LogP contribution is 2.27. The molecule has 28 heavy (non-hydrogen) atoms. The van der Waals surface area contributed by atoms with Crippen molar-refractivity contribution in [2.75, 3.05) is 36.4 Å². The maximum atomic E-state index is 12.7. The van der Waals surface area contributed by atoms with Gasteiger partial charge in [-0.1, -0.05) is 35.3 Å². The number of rotatable bonds is 3. The molecular weight excluding hydrogens is 401 g/mol. The second-order valence-electron chi connectivity index (χ2n) is 6.22. The lowest BCUT2D eigenvalue weighted by Crippen LogP contribution is -2.50. The lowest BCUT2D eigenvalue weighted by atomic mass is 10.2. The first-order valence-electron chi connectivity index (χ1n) is 8.68. The van der Waals surface area contributed by atoms with Crippen LogP contribution in [0.1, 0.15) is 0 Å². The van der Waals surface area contributed by atoms with E-state index in [-0.39, 0.29) is 6.03 Å². The van der Waals surface area contributed by atoms with Crippen molar-refractivity contribution >= 4 is 40.7 Å². The SMILES string of the molecule is O=C(Nc1ccccc1-n1cncn1)N1CCN(c2ncc(Cl)cc2Cl)CC1. The number of hydrogen-bond acceptors (Lipinski definition) is 5. The molecule has 10 heteroatoms. The summed E-state index contributed by atoms with van der Waals surface area (Å²) in [4.78, 5) is 24.8. The minimum absolute atomic E-state index is 0.164. The number of nitrogens with zero attached hydrogens (tertiary/aromatic N) is 6. The van der Waals surface area contributed by atoms with Gasteiger partial charge in [-0.2, -0.15) is 5.10 Å². The fraction of sp³-hybridized carbons (Fsp3) is 0.222. The average Bonchev–Trinajstić information content (AvgIpc) is 3.23. The van der Waals surface area contributed by atoms with Crippen LogP contribution in [0, 0.1) is 0 Å². The molecule has 3 heterocycles. The number of carbonyl (C=O) groups is 1. The molecule has 0 radical (unpaired) electrons. The number of nitrogens with one attached hydrogen (secondary N) is 1. The van der Waals surface area contributed by atoms with Crippen LogP contribution < -0.4 is 10.2 Å². The van der Waals surface area contributed by atoms with Gasteiger partial charge in [-0.15, -0.1) is 0 Å². The third-order valence-electron chi connectivity index (χ3n) is 4.47. The lowest BCUT2D eigenvalue weighted by Gasteiger charge is -2.35. The van der Waals surface area contributed by atoms with Gasteiger partial charge in [-0.25, -0.2) is 19.4 Å². The van der Waals surface area contributed by atoms with Gasteiger partial charge >= 0.3 is 6.03 Å². The van der Waals surface area contributed by atoms with Crippen LogP contribution >= 0.6 is 23.2 Å². The second kappa shape index (κ2) is 8.04. The van der Waals surface area contributed by atoms with Crippen LogP contribution in [0.3, 0.4) is 0 Å². The third-order valence-corrected chi connectivity index (χ3v) is 4.95. The molecule has 1 saturated heterocycles. The van der Waals surface area contributed by atoms with Crippen molar-refractivity contribution in [1.82, 2.24) is 24.6 Å². The number of pyridine rings is 1. The Bertz CT molecular complexity index is 972. The van der Waals surface area contributed by atoms with Crippen LogP contribution in [-0.2, 0) is 0 Å². The van der Waals surface area contributed by atoms with E-state index in [0.717, 1.165) is 5.69 Å². The van der Waals surface area contributed by atoms with Crippen molar-refractivity contribution < 1.29 is 4.79 Å². The Kier molecular flexibility index (Phi) is 5.31. The summed E-state index contributed by atoms with van der Waals surface area (Å²) in [7, 11) is 0. The zero-order valence-corrected chi connectivity index (χ0v) is 16.3. The Hall–Kier alpha value is -2.84. The van der Waals surface area contributed by atoms with Crippen LogP contribution in [-0.4, -0.2) is 56.9 Å². The monoisotopic (exact) mass is 417 g/mol. The van der Waals surface area contributed by atoms with E-state index in [1.807, 2.05) is 29.2 Å². The van der Waals surface area contributed by atoms with E-state index < -0.39 is 0 Å². The highest BCUT2D eigenvalue weighted by atomic mass is 35.5. The van der Waals surface area contributed by atoms with E-state index in [0.29, 0.717) is 47.7 Å². The molecule has 1 fully saturated rings. The van der Waals surface area contributed by atoms with Gasteiger partial charge in [-0.05, 0) is 18.2 Å². The topological polar surface area (TPSA) is 79.2 Å². The number of halogens is 2. The molecule has 0 saturated carbocycles. The Morgan fingerprint density at radius 1 is 1.11 bits per heavy atom. The second-order valence-corrected chi connectivity index (χ2v) is 7.06. The zero-order chi connectivity index (χ0) is 19.5. The molecule has 2 aromatic heterocycles. The fourth-order valence-corrected chi connectivity index (χ4v) is 3.57. The number of urea groups is 1. The Labute approximate surface area is 171 Å². The number of piperazine rings is 1. The van der Waals surface area contributed by atoms with Gasteiger partial charge < -0.3 is 15.1 Å². The molecule has 4 rings (SSSR count). The summed E-state index contributed by atoms with van der Waals surface area (Å²) >= 11 is 12.2. The van der Waals surface area contributed by atoms with E-state index in [2.05, 4.69) is 20.4 Å². The van der Waals surface area contributed by atoms with E-state index in [1.54, 1.807) is 28.2 Å². The molecule has 0 atom stereocenters. The summed E-state index contributed by atoms with van der Waals surface area (Å²) in [5, 5.41) is 8.10. The number of anilines is 2. The molecule has 0 spiro atoms. The minimum atomic E-state index is -0.164. The maximum Gasteiger partial charge on any atom is 0.322 e. The van der Waals surface area contributed by atoms with Crippen molar-refractivity contribution in [3.8, 4) is 5.69 Å². The highest BCUT2D eigenvalue weighted by Gasteiger charge is 2.24. The van der Waals surface area contributed by atoms with Crippen LogP contribution in [0.5, 0.6) is 0 Å². The molecule has 8 nitrogen and oxygen atoms in total. The molecule has 0 unspecified atom stereocenters. The Morgan fingerprint density at radius 2 is 1.89 bits per heavy atom. The first kappa shape index (κ1) is 18.5. The summed E-state index contributed by atoms with van der Waals surface area (Å²) in [6.45, 7) is 2.37. The van der Waals surface area contributed by atoms with E-state index in [4.69, 9.17) is 23.2 Å². The summed E-state index contributed by atoms with van der Waals surface area (Å²) in [6, 6.07) is 8.96. The first-order chi connectivity index (χ1) is 13.6. The van der Waals surface area contributed by atoms with Gasteiger partial charge in [0.05, 0.1) is 21.4 Å². The number of amides is 2.